The van der Waals surface area contributed by atoms with E-state index in [2.05, 4.69) is 10.6 Å². The molecule has 0 fully saturated rings. The Kier molecular flexibility index (Phi) is 7.02. The first kappa shape index (κ1) is 19.3. The molecule has 0 atom stereocenters. The standard InChI is InChI=1S/C20H24N2O4/c1-4-26-20(24)15-6-8-16(9-7-15)22-19(23)11-12-21-17-13-14(2)5-10-18(17)25-3/h5-10,13,21H,4,11-12H2,1-3H3,(H,22,23). The molecule has 138 valence electrons. The molecule has 0 radical (unpaired) electrons. The van der Waals surface area contributed by atoms with Crippen LogP contribution in [0.15, 0.2) is 42.5 Å². The summed E-state index contributed by atoms with van der Waals surface area (Å²) in [5.74, 6) is 0.250. The van der Waals surface area contributed by atoms with Gasteiger partial charge >= 0.3 is 5.97 Å². The number of benzene rings is 2. The van der Waals surface area contributed by atoms with Crippen molar-refractivity contribution in [3.8, 4) is 5.75 Å². The van der Waals surface area contributed by atoms with Gasteiger partial charge in [-0.1, -0.05) is 6.07 Å². The first-order valence-electron chi connectivity index (χ1n) is 8.49. The monoisotopic (exact) mass is 356 g/mol. The average Bonchev–Trinajstić information content (AvgIpc) is 2.62. The van der Waals surface area contributed by atoms with Gasteiger partial charge in [-0.15, -0.1) is 0 Å². The molecule has 0 saturated carbocycles. The topological polar surface area (TPSA) is 76.7 Å². The van der Waals surface area contributed by atoms with Crippen LogP contribution in [0.2, 0.25) is 0 Å². The molecule has 26 heavy (non-hydrogen) atoms. The molecule has 2 aromatic carbocycles. The normalized spacial score (nSPS) is 10.1. The Labute approximate surface area is 153 Å². The highest BCUT2D eigenvalue weighted by Gasteiger charge is 2.08. The predicted octanol–water partition coefficient (Wildman–Crippen LogP) is 3.62. The molecule has 6 nitrogen and oxygen atoms in total. The fraction of sp³-hybridized carbons (Fsp3) is 0.300. The van der Waals surface area contributed by atoms with Crippen LogP contribution in [-0.2, 0) is 9.53 Å². The van der Waals surface area contributed by atoms with Crippen LogP contribution in [0.5, 0.6) is 5.75 Å². The van der Waals surface area contributed by atoms with Crippen LogP contribution in [0.1, 0.15) is 29.3 Å². The molecule has 2 aromatic rings. The predicted molar refractivity (Wildman–Crippen MR) is 102 cm³/mol. The van der Waals surface area contributed by atoms with Gasteiger partial charge in [0.15, 0.2) is 0 Å². The molecule has 0 heterocycles. The van der Waals surface area contributed by atoms with E-state index in [0.29, 0.717) is 30.8 Å². The van der Waals surface area contributed by atoms with Crippen LogP contribution >= 0.6 is 0 Å². The zero-order chi connectivity index (χ0) is 18.9. The second kappa shape index (κ2) is 9.46. The lowest BCUT2D eigenvalue weighted by molar-refractivity contribution is -0.115. The summed E-state index contributed by atoms with van der Waals surface area (Å²) in [5.41, 5.74) is 3.06. The van der Waals surface area contributed by atoms with Crippen molar-refractivity contribution in [2.75, 3.05) is 30.9 Å². The van der Waals surface area contributed by atoms with E-state index in [1.165, 1.54) is 0 Å². The number of rotatable bonds is 8. The van der Waals surface area contributed by atoms with Crippen molar-refractivity contribution in [3.63, 3.8) is 0 Å². The van der Waals surface area contributed by atoms with Crippen LogP contribution in [-0.4, -0.2) is 32.1 Å². The summed E-state index contributed by atoms with van der Waals surface area (Å²) in [4.78, 5) is 23.7. The minimum absolute atomic E-state index is 0.118. The lowest BCUT2D eigenvalue weighted by atomic mass is 10.2. The van der Waals surface area contributed by atoms with Crippen molar-refractivity contribution in [3.05, 3.63) is 53.6 Å². The summed E-state index contributed by atoms with van der Waals surface area (Å²) in [6, 6.07) is 12.5. The van der Waals surface area contributed by atoms with Gasteiger partial charge in [0.1, 0.15) is 5.75 Å². The molecule has 0 spiro atoms. The van der Waals surface area contributed by atoms with Crippen LogP contribution in [0.4, 0.5) is 11.4 Å². The summed E-state index contributed by atoms with van der Waals surface area (Å²) in [7, 11) is 1.61. The number of hydrogen-bond donors (Lipinski definition) is 2. The van der Waals surface area contributed by atoms with E-state index < -0.39 is 0 Å². The zero-order valence-corrected chi connectivity index (χ0v) is 15.3. The van der Waals surface area contributed by atoms with Crippen molar-refractivity contribution in [2.45, 2.75) is 20.3 Å². The number of amides is 1. The lowest BCUT2D eigenvalue weighted by Gasteiger charge is -2.12. The third-order valence-electron chi connectivity index (χ3n) is 3.70. The molecule has 0 aliphatic rings. The number of carbonyl (C=O) groups is 2. The fourth-order valence-electron chi connectivity index (χ4n) is 2.40. The Bertz CT molecular complexity index is 757. The number of anilines is 2. The van der Waals surface area contributed by atoms with Gasteiger partial charge in [0, 0.05) is 18.7 Å². The largest absolute Gasteiger partial charge is 0.495 e. The molecule has 1 amide bonds. The summed E-state index contributed by atoms with van der Waals surface area (Å²) in [6.45, 7) is 4.56. The maximum Gasteiger partial charge on any atom is 0.338 e. The second-order valence-corrected chi connectivity index (χ2v) is 5.73. The molecule has 0 aliphatic carbocycles. The van der Waals surface area contributed by atoms with E-state index in [0.717, 1.165) is 17.0 Å². The number of carbonyl (C=O) groups excluding carboxylic acids is 2. The number of esters is 1. The maximum absolute atomic E-state index is 12.1. The molecule has 0 aromatic heterocycles. The third kappa shape index (κ3) is 5.51. The van der Waals surface area contributed by atoms with Gasteiger partial charge < -0.3 is 20.1 Å². The number of aryl methyl sites for hydroxylation is 1. The average molecular weight is 356 g/mol. The van der Waals surface area contributed by atoms with Crippen LogP contribution in [0, 0.1) is 6.92 Å². The van der Waals surface area contributed by atoms with Crippen molar-refractivity contribution in [2.24, 2.45) is 0 Å². The van der Waals surface area contributed by atoms with Crippen molar-refractivity contribution >= 4 is 23.3 Å². The van der Waals surface area contributed by atoms with Gasteiger partial charge in [-0.25, -0.2) is 4.79 Å². The third-order valence-corrected chi connectivity index (χ3v) is 3.70. The van der Waals surface area contributed by atoms with Gasteiger partial charge in [-0.2, -0.15) is 0 Å². The van der Waals surface area contributed by atoms with Crippen molar-refractivity contribution < 1.29 is 19.1 Å². The van der Waals surface area contributed by atoms with E-state index in [4.69, 9.17) is 9.47 Å². The Balaban J connectivity index is 1.84. The van der Waals surface area contributed by atoms with Gasteiger partial charge in [-0.3, -0.25) is 4.79 Å². The van der Waals surface area contributed by atoms with Crippen LogP contribution in [0.25, 0.3) is 0 Å². The number of hydrogen-bond acceptors (Lipinski definition) is 5. The smallest absolute Gasteiger partial charge is 0.338 e. The van der Waals surface area contributed by atoms with E-state index in [1.807, 2.05) is 25.1 Å². The molecule has 2 N–H and O–H groups in total. The van der Waals surface area contributed by atoms with Gasteiger partial charge in [0.2, 0.25) is 5.91 Å². The number of ether oxygens (including phenoxy) is 2. The van der Waals surface area contributed by atoms with Crippen LogP contribution in [0.3, 0.4) is 0 Å². The lowest BCUT2D eigenvalue weighted by Crippen LogP contribution is -2.16. The first-order chi connectivity index (χ1) is 12.5. The molecule has 0 bridgehead atoms. The maximum atomic E-state index is 12.1. The molecule has 0 saturated heterocycles. The minimum Gasteiger partial charge on any atom is -0.495 e. The number of methoxy groups -OCH3 is 1. The Morgan fingerprint density at radius 1 is 1.08 bits per heavy atom. The Hall–Kier alpha value is -3.02. The first-order valence-corrected chi connectivity index (χ1v) is 8.49. The summed E-state index contributed by atoms with van der Waals surface area (Å²) >= 11 is 0. The molecule has 0 unspecified atom stereocenters. The highest BCUT2D eigenvalue weighted by molar-refractivity contribution is 5.93. The van der Waals surface area contributed by atoms with Crippen LogP contribution < -0.4 is 15.4 Å². The molecular weight excluding hydrogens is 332 g/mol. The second-order valence-electron chi connectivity index (χ2n) is 5.73. The van der Waals surface area contributed by atoms with E-state index in [-0.39, 0.29) is 11.9 Å². The van der Waals surface area contributed by atoms with E-state index in [1.54, 1.807) is 38.3 Å². The SMILES string of the molecule is CCOC(=O)c1ccc(NC(=O)CCNc2cc(C)ccc2OC)cc1. The highest BCUT2D eigenvalue weighted by Crippen LogP contribution is 2.25. The summed E-state index contributed by atoms with van der Waals surface area (Å²) < 4.78 is 10.2. The van der Waals surface area contributed by atoms with Gasteiger partial charge in [-0.05, 0) is 55.8 Å². The summed E-state index contributed by atoms with van der Waals surface area (Å²) in [6.07, 6.45) is 0.302. The molecule has 0 aliphatic heterocycles. The highest BCUT2D eigenvalue weighted by atomic mass is 16.5. The van der Waals surface area contributed by atoms with Gasteiger partial charge in [0.25, 0.3) is 0 Å². The van der Waals surface area contributed by atoms with Crippen molar-refractivity contribution in [1.29, 1.82) is 0 Å². The zero-order valence-electron chi connectivity index (χ0n) is 15.3. The molecular formula is C20H24N2O4. The van der Waals surface area contributed by atoms with Gasteiger partial charge in [0.05, 0.1) is 25.0 Å². The Morgan fingerprint density at radius 2 is 1.81 bits per heavy atom. The quantitative estimate of drug-likeness (QED) is 0.707. The molecule has 2 rings (SSSR count). The van der Waals surface area contributed by atoms with Crippen molar-refractivity contribution in [1.82, 2.24) is 0 Å². The minimum atomic E-state index is -0.373. The Morgan fingerprint density at radius 3 is 2.46 bits per heavy atom. The summed E-state index contributed by atoms with van der Waals surface area (Å²) in [5, 5.41) is 6.02. The number of nitrogens with one attached hydrogen (secondary N) is 2. The van der Waals surface area contributed by atoms with E-state index in [9.17, 15) is 9.59 Å². The fourth-order valence-corrected chi connectivity index (χ4v) is 2.40. The molecule has 6 heteroatoms. The van der Waals surface area contributed by atoms with E-state index >= 15 is 0 Å².